The van der Waals surface area contributed by atoms with Crippen LogP contribution in [-0.2, 0) is 11.3 Å². The molecule has 3 rings (SSSR count). The number of carbonyl (C=O) groups is 1. The van der Waals surface area contributed by atoms with E-state index in [4.69, 9.17) is 0 Å². The first-order valence-electron chi connectivity index (χ1n) is 8.20. The molecule has 1 aromatic carbocycles. The van der Waals surface area contributed by atoms with E-state index in [2.05, 4.69) is 4.98 Å². The summed E-state index contributed by atoms with van der Waals surface area (Å²) in [6.45, 7) is 0.423. The Morgan fingerprint density at radius 2 is 2.00 bits per heavy atom. The molecule has 2 aromatic rings. The molecule has 0 N–H and O–H groups in total. The van der Waals surface area contributed by atoms with Gasteiger partial charge in [-0.1, -0.05) is 31.4 Å². The summed E-state index contributed by atoms with van der Waals surface area (Å²) < 4.78 is 13.6. The lowest BCUT2D eigenvalue weighted by atomic mass is 9.88. The minimum Gasteiger partial charge on any atom is -0.308 e. The lowest BCUT2D eigenvalue weighted by Gasteiger charge is -2.29. The van der Waals surface area contributed by atoms with Gasteiger partial charge in [0.05, 0.1) is 6.54 Å². The lowest BCUT2D eigenvalue weighted by molar-refractivity contribution is -0.123. The number of halogens is 1. The molecule has 0 radical (unpaired) electrons. The van der Waals surface area contributed by atoms with Crippen LogP contribution >= 0.6 is 0 Å². The molecule has 1 aliphatic rings. The molecule has 0 unspecified atom stereocenters. The van der Waals surface area contributed by atoms with E-state index in [1.54, 1.807) is 29.4 Å². The van der Waals surface area contributed by atoms with Crippen molar-refractivity contribution in [3.8, 4) is 0 Å². The first-order chi connectivity index (χ1) is 11.2. The quantitative estimate of drug-likeness (QED) is 0.841. The largest absolute Gasteiger partial charge is 0.308 e. The number of anilines is 1. The van der Waals surface area contributed by atoms with Crippen molar-refractivity contribution < 1.29 is 9.18 Å². The van der Waals surface area contributed by atoms with Crippen molar-refractivity contribution in [2.24, 2.45) is 5.92 Å². The van der Waals surface area contributed by atoms with Gasteiger partial charge in [-0.15, -0.1) is 0 Å². The standard InChI is InChI=1S/C19H21FN2O/c20-17-9-4-10-18(12-17)22(14-15-6-5-11-21-13-15)19(23)16-7-2-1-3-8-16/h4-6,9-13,16H,1-3,7-8,14H2. The third kappa shape index (κ3) is 3.95. The maximum Gasteiger partial charge on any atom is 0.230 e. The predicted molar refractivity (Wildman–Crippen MR) is 88.4 cm³/mol. The number of aromatic nitrogens is 1. The molecule has 1 heterocycles. The molecule has 0 spiro atoms. The van der Waals surface area contributed by atoms with Gasteiger partial charge in [0.2, 0.25) is 5.91 Å². The minimum absolute atomic E-state index is 0.0451. The Morgan fingerprint density at radius 3 is 2.70 bits per heavy atom. The fourth-order valence-corrected chi connectivity index (χ4v) is 3.18. The van der Waals surface area contributed by atoms with Crippen molar-refractivity contribution in [1.82, 2.24) is 4.98 Å². The second-order valence-electron chi connectivity index (χ2n) is 6.10. The predicted octanol–water partition coefficient (Wildman–Crippen LogP) is 4.33. The van der Waals surface area contributed by atoms with Crippen LogP contribution in [-0.4, -0.2) is 10.9 Å². The van der Waals surface area contributed by atoms with Crippen LogP contribution in [0.1, 0.15) is 37.7 Å². The summed E-state index contributed by atoms with van der Waals surface area (Å²) >= 11 is 0. The number of pyridine rings is 1. The Morgan fingerprint density at radius 1 is 1.17 bits per heavy atom. The first-order valence-corrected chi connectivity index (χ1v) is 8.20. The van der Waals surface area contributed by atoms with Crippen LogP contribution in [0.25, 0.3) is 0 Å². The summed E-state index contributed by atoms with van der Waals surface area (Å²) in [4.78, 5) is 18.8. The summed E-state index contributed by atoms with van der Waals surface area (Å²) in [5, 5.41) is 0. The molecule has 120 valence electrons. The number of hydrogen-bond acceptors (Lipinski definition) is 2. The molecule has 4 heteroatoms. The van der Waals surface area contributed by atoms with Gasteiger partial charge in [0.25, 0.3) is 0 Å². The topological polar surface area (TPSA) is 33.2 Å². The maximum atomic E-state index is 13.6. The number of nitrogens with zero attached hydrogens (tertiary/aromatic N) is 2. The lowest BCUT2D eigenvalue weighted by Crippen LogP contribution is -2.36. The molecular formula is C19H21FN2O. The molecule has 0 atom stereocenters. The van der Waals surface area contributed by atoms with Crippen molar-refractivity contribution in [1.29, 1.82) is 0 Å². The monoisotopic (exact) mass is 312 g/mol. The summed E-state index contributed by atoms with van der Waals surface area (Å²) in [7, 11) is 0. The fraction of sp³-hybridized carbons (Fsp3) is 0.368. The Bertz CT molecular complexity index is 653. The second-order valence-corrected chi connectivity index (χ2v) is 6.10. The van der Waals surface area contributed by atoms with Crippen LogP contribution < -0.4 is 4.90 Å². The zero-order valence-corrected chi connectivity index (χ0v) is 13.1. The molecule has 0 aliphatic heterocycles. The summed E-state index contributed by atoms with van der Waals surface area (Å²) in [5.41, 5.74) is 1.56. The van der Waals surface area contributed by atoms with Gasteiger partial charge in [0.1, 0.15) is 5.82 Å². The molecule has 1 fully saturated rings. The van der Waals surface area contributed by atoms with Crippen molar-refractivity contribution in [2.75, 3.05) is 4.90 Å². The summed E-state index contributed by atoms with van der Waals surface area (Å²) in [6.07, 6.45) is 8.71. The van der Waals surface area contributed by atoms with E-state index in [1.807, 2.05) is 12.1 Å². The van der Waals surface area contributed by atoms with Crippen LogP contribution in [0.2, 0.25) is 0 Å². The van der Waals surface area contributed by atoms with E-state index in [-0.39, 0.29) is 17.6 Å². The Kier molecular flexibility index (Phi) is 5.01. The molecule has 3 nitrogen and oxygen atoms in total. The Balaban J connectivity index is 1.87. The van der Waals surface area contributed by atoms with Crippen molar-refractivity contribution >= 4 is 11.6 Å². The van der Waals surface area contributed by atoms with Crippen LogP contribution in [0.4, 0.5) is 10.1 Å². The van der Waals surface area contributed by atoms with Gasteiger partial charge in [0.15, 0.2) is 0 Å². The molecular weight excluding hydrogens is 291 g/mol. The highest BCUT2D eigenvalue weighted by molar-refractivity contribution is 5.95. The van der Waals surface area contributed by atoms with Gasteiger partial charge < -0.3 is 4.90 Å². The summed E-state index contributed by atoms with van der Waals surface area (Å²) in [5.74, 6) is -0.182. The molecule has 1 aliphatic carbocycles. The van der Waals surface area contributed by atoms with Gasteiger partial charge in [0, 0.05) is 24.0 Å². The van der Waals surface area contributed by atoms with Crippen LogP contribution in [0.5, 0.6) is 0 Å². The molecule has 0 bridgehead atoms. The van der Waals surface area contributed by atoms with E-state index in [9.17, 15) is 9.18 Å². The third-order valence-electron chi connectivity index (χ3n) is 4.40. The molecule has 1 amide bonds. The Labute approximate surface area is 136 Å². The van der Waals surface area contributed by atoms with Gasteiger partial charge >= 0.3 is 0 Å². The average Bonchev–Trinajstić information content (AvgIpc) is 2.61. The first kappa shape index (κ1) is 15.7. The highest BCUT2D eigenvalue weighted by atomic mass is 19.1. The van der Waals surface area contributed by atoms with E-state index >= 15 is 0 Å². The SMILES string of the molecule is O=C(C1CCCCC1)N(Cc1cccnc1)c1cccc(F)c1. The summed E-state index contributed by atoms with van der Waals surface area (Å²) in [6, 6.07) is 10.1. The highest BCUT2D eigenvalue weighted by Crippen LogP contribution is 2.28. The van der Waals surface area contributed by atoms with Crippen LogP contribution in [0.3, 0.4) is 0 Å². The van der Waals surface area contributed by atoms with Crippen molar-refractivity contribution in [3.05, 3.63) is 60.2 Å². The molecule has 1 aromatic heterocycles. The second kappa shape index (κ2) is 7.36. The minimum atomic E-state index is -0.324. The third-order valence-corrected chi connectivity index (χ3v) is 4.40. The van der Waals surface area contributed by atoms with E-state index < -0.39 is 0 Å². The van der Waals surface area contributed by atoms with E-state index in [0.29, 0.717) is 12.2 Å². The van der Waals surface area contributed by atoms with E-state index in [1.165, 1.54) is 18.6 Å². The molecule has 0 saturated heterocycles. The Hall–Kier alpha value is -2.23. The van der Waals surface area contributed by atoms with Gasteiger partial charge in [-0.05, 0) is 42.7 Å². The molecule has 23 heavy (non-hydrogen) atoms. The van der Waals surface area contributed by atoms with Gasteiger partial charge in [-0.3, -0.25) is 9.78 Å². The fourth-order valence-electron chi connectivity index (χ4n) is 3.18. The van der Waals surface area contributed by atoms with E-state index in [0.717, 1.165) is 31.2 Å². The number of rotatable bonds is 4. The maximum absolute atomic E-state index is 13.6. The molecule has 1 saturated carbocycles. The zero-order valence-electron chi connectivity index (χ0n) is 13.1. The number of carbonyl (C=O) groups excluding carboxylic acids is 1. The van der Waals surface area contributed by atoms with Crippen molar-refractivity contribution in [3.63, 3.8) is 0 Å². The van der Waals surface area contributed by atoms with Crippen LogP contribution in [0.15, 0.2) is 48.8 Å². The smallest absolute Gasteiger partial charge is 0.230 e. The van der Waals surface area contributed by atoms with Crippen molar-refractivity contribution in [2.45, 2.75) is 38.6 Å². The zero-order chi connectivity index (χ0) is 16.1. The number of benzene rings is 1. The normalized spacial score (nSPS) is 15.3. The average molecular weight is 312 g/mol. The van der Waals surface area contributed by atoms with Gasteiger partial charge in [-0.2, -0.15) is 0 Å². The number of amides is 1. The van der Waals surface area contributed by atoms with Gasteiger partial charge in [-0.25, -0.2) is 4.39 Å². The van der Waals surface area contributed by atoms with Crippen LogP contribution in [0, 0.1) is 11.7 Å². The highest BCUT2D eigenvalue weighted by Gasteiger charge is 2.27. The number of hydrogen-bond donors (Lipinski definition) is 0.